The summed E-state index contributed by atoms with van der Waals surface area (Å²) in [6.45, 7) is 7.47. The van der Waals surface area contributed by atoms with Gasteiger partial charge in [0.05, 0.1) is 5.60 Å². The molecule has 1 saturated carbocycles. The summed E-state index contributed by atoms with van der Waals surface area (Å²) in [5.41, 5.74) is 0.794. The van der Waals surface area contributed by atoms with E-state index < -0.39 is 5.60 Å². The van der Waals surface area contributed by atoms with E-state index in [9.17, 15) is 5.11 Å². The molecule has 0 amide bonds. The summed E-state index contributed by atoms with van der Waals surface area (Å²) in [7, 11) is 0. The molecule has 0 heterocycles. The summed E-state index contributed by atoms with van der Waals surface area (Å²) in [6, 6.07) is 10.6. The first-order valence-electron chi connectivity index (χ1n) is 7.69. The molecule has 1 aromatic rings. The maximum absolute atomic E-state index is 11.0. The van der Waals surface area contributed by atoms with Crippen LogP contribution in [0.4, 0.5) is 0 Å². The Morgan fingerprint density at radius 2 is 1.68 bits per heavy atom. The number of likely N-dealkylation sites (N-methyl/N-ethyl adjacent to an activating group) is 1. The van der Waals surface area contributed by atoms with E-state index in [0.717, 1.165) is 45.3 Å². The van der Waals surface area contributed by atoms with Crippen LogP contribution < -0.4 is 0 Å². The molecule has 1 aliphatic rings. The molecule has 0 aliphatic heterocycles. The van der Waals surface area contributed by atoms with Crippen LogP contribution in [0.25, 0.3) is 0 Å². The second kappa shape index (κ2) is 6.53. The third-order valence-corrected chi connectivity index (χ3v) is 4.66. The first-order valence-corrected chi connectivity index (χ1v) is 7.69. The van der Waals surface area contributed by atoms with Crippen molar-refractivity contribution in [2.45, 2.75) is 51.0 Å². The van der Waals surface area contributed by atoms with E-state index in [2.05, 4.69) is 49.1 Å². The quantitative estimate of drug-likeness (QED) is 0.848. The van der Waals surface area contributed by atoms with Crippen LogP contribution >= 0.6 is 0 Å². The highest BCUT2D eigenvalue weighted by atomic mass is 16.3. The summed E-state index contributed by atoms with van der Waals surface area (Å²) in [5.74, 6) is 0.246. The van der Waals surface area contributed by atoms with Crippen molar-refractivity contribution in [3.63, 3.8) is 0 Å². The van der Waals surface area contributed by atoms with Gasteiger partial charge in [-0.15, -0.1) is 0 Å². The highest BCUT2D eigenvalue weighted by Crippen LogP contribution is 2.41. The molecule has 0 spiro atoms. The van der Waals surface area contributed by atoms with Crippen molar-refractivity contribution in [3.05, 3.63) is 35.9 Å². The van der Waals surface area contributed by atoms with Gasteiger partial charge in [-0.1, -0.05) is 57.0 Å². The molecule has 0 aromatic heterocycles. The number of benzene rings is 1. The highest BCUT2D eigenvalue weighted by Gasteiger charge is 2.40. The van der Waals surface area contributed by atoms with Gasteiger partial charge in [-0.25, -0.2) is 0 Å². The minimum Gasteiger partial charge on any atom is -0.389 e. The minimum absolute atomic E-state index is 0.246. The molecular formula is C17H27NO. The van der Waals surface area contributed by atoms with Crippen LogP contribution in [0.5, 0.6) is 0 Å². The molecule has 0 radical (unpaired) electrons. The SMILES string of the molecule is CCN(CC)C[C@@H](c1ccccc1)C1(O)CCCC1. The molecular weight excluding hydrogens is 234 g/mol. The van der Waals surface area contributed by atoms with E-state index in [-0.39, 0.29) is 5.92 Å². The van der Waals surface area contributed by atoms with Gasteiger partial charge in [0.2, 0.25) is 0 Å². The fourth-order valence-electron chi connectivity index (χ4n) is 3.35. The average Bonchev–Trinajstić information content (AvgIpc) is 2.89. The van der Waals surface area contributed by atoms with Crippen LogP contribution in [-0.2, 0) is 0 Å². The van der Waals surface area contributed by atoms with Crippen LogP contribution in [-0.4, -0.2) is 35.2 Å². The van der Waals surface area contributed by atoms with E-state index in [4.69, 9.17) is 0 Å². The molecule has 106 valence electrons. The zero-order valence-corrected chi connectivity index (χ0v) is 12.3. The molecule has 0 unspecified atom stereocenters. The zero-order valence-electron chi connectivity index (χ0n) is 12.3. The van der Waals surface area contributed by atoms with Gasteiger partial charge in [0.25, 0.3) is 0 Å². The third kappa shape index (κ3) is 3.37. The number of aliphatic hydroxyl groups is 1. The summed E-state index contributed by atoms with van der Waals surface area (Å²) >= 11 is 0. The lowest BCUT2D eigenvalue weighted by atomic mass is 9.80. The standard InChI is InChI=1S/C17H27NO/c1-3-18(4-2)14-16(15-10-6-5-7-11-15)17(19)12-8-9-13-17/h5-7,10-11,16,19H,3-4,8-9,12-14H2,1-2H3/t16-/m0/s1. The van der Waals surface area contributed by atoms with Gasteiger partial charge in [0, 0.05) is 12.5 Å². The number of hydrogen-bond donors (Lipinski definition) is 1. The smallest absolute Gasteiger partial charge is 0.0728 e. The van der Waals surface area contributed by atoms with Crippen molar-refractivity contribution < 1.29 is 5.11 Å². The first-order chi connectivity index (χ1) is 9.19. The Kier molecular flexibility index (Phi) is 5.00. The molecule has 1 aliphatic carbocycles. The molecule has 2 heteroatoms. The maximum Gasteiger partial charge on any atom is 0.0728 e. The van der Waals surface area contributed by atoms with Crippen molar-refractivity contribution in [2.75, 3.05) is 19.6 Å². The Morgan fingerprint density at radius 3 is 2.21 bits per heavy atom. The first kappa shape index (κ1) is 14.5. The van der Waals surface area contributed by atoms with Gasteiger partial charge >= 0.3 is 0 Å². The molecule has 1 aromatic carbocycles. The predicted octanol–water partition coefficient (Wildman–Crippen LogP) is 3.42. The van der Waals surface area contributed by atoms with Crippen molar-refractivity contribution in [1.82, 2.24) is 4.90 Å². The lowest BCUT2D eigenvalue weighted by molar-refractivity contribution is 0.00713. The van der Waals surface area contributed by atoms with E-state index in [1.165, 1.54) is 5.56 Å². The number of nitrogens with zero attached hydrogens (tertiary/aromatic N) is 1. The van der Waals surface area contributed by atoms with E-state index in [0.29, 0.717) is 0 Å². The molecule has 1 N–H and O–H groups in total. The van der Waals surface area contributed by atoms with Crippen molar-refractivity contribution in [1.29, 1.82) is 0 Å². The van der Waals surface area contributed by atoms with Crippen LogP contribution in [0.2, 0.25) is 0 Å². The average molecular weight is 261 g/mol. The monoisotopic (exact) mass is 261 g/mol. The van der Waals surface area contributed by atoms with E-state index in [1.807, 2.05) is 0 Å². The molecule has 1 atom stereocenters. The van der Waals surface area contributed by atoms with Gasteiger partial charge < -0.3 is 10.0 Å². The van der Waals surface area contributed by atoms with Gasteiger partial charge in [0.1, 0.15) is 0 Å². The topological polar surface area (TPSA) is 23.5 Å². The molecule has 1 fully saturated rings. The van der Waals surface area contributed by atoms with Crippen molar-refractivity contribution in [3.8, 4) is 0 Å². The lowest BCUT2D eigenvalue weighted by Gasteiger charge is -2.36. The van der Waals surface area contributed by atoms with E-state index >= 15 is 0 Å². The summed E-state index contributed by atoms with van der Waals surface area (Å²) in [5, 5.41) is 11.0. The van der Waals surface area contributed by atoms with Crippen LogP contribution in [0.1, 0.15) is 51.0 Å². The largest absolute Gasteiger partial charge is 0.389 e. The Morgan fingerprint density at radius 1 is 1.11 bits per heavy atom. The predicted molar refractivity (Wildman–Crippen MR) is 80.4 cm³/mol. The second-order valence-electron chi connectivity index (χ2n) is 5.76. The van der Waals surface area contributed by atoms with Crippen LogP contribution in [0.15, 0.2) is 30.3 Å². The van der Waals surface area contributed by atoms with Crippen LogP contribution in [0.3, 0.4) is 0 Å². The molecule has 2 rings (SSSR count). The zero-order chi connectivity index (χ0) is 13.7. The van der Waals surface area contributed by atoms with E-state index in [1.54, 1.807) is 0 Å². The Bertz CT molecular complexity index is 366. The summed E-state index contributed by atoms with van der Waals surface area (Å²) in [6.07, 6.45) is 4.23. The minimum atomic E-state index is -0.496. The summed E-state index contributed by atoms with van der Waals surface area (Å²) < 4.78 is 0. The fourth-order valence-corrected chi connectivity index (χ4v) is 3.35. The van der Waals surface area contributed by atoms with Crippen LogP contribution in [0, 0.1) is 0 Å². The molecule has 2 nitrogen and oxygen atoms in total. The summed E-state index contributed by atoms with van der Waals surface area (Å²) in [4.78, 5) is 2.42. The Hall–Kier alpha value is -0.860. The number of hydrogen-bond acceptors (Lipinski definition) is 2. The van der Waals surface area contributed by atoms with Gasteiger partial charge in [-0.3, -0.25) is 0 Å². The van der Waals surface area contributed by atoms with Crippen molar-refractivity contribution >= 4 is 0 Å². The Labute approximate surface area is 117 Å². The maximum atomic E-state index is 11.0. The number of rotatable bonds is 6. The molecule has 0 bridgehead atoms. The normalized spacial score (nSPS) is 19.8. The van der Waals surface area contributed by atoms with Gasteiger partial charge in [0.15, 0.2) is 0 Å². The highest BCUT2D eigenvalue weighted by molar-refractivity contribution is 5.24. The van der Waals surface area contributed by atoms with Crippen molar-refractivity contribution in [2.24, 2.45) is 0 Å². The molecule has 0 saturated heterocycles. The van der Waals surface area contributed by atoms with Gasteiger partial charge in [-0.2, -0.15) is 0 Å². The Balaban J connectivity index is 2.23. The molecule has 19 heavy (non-hydrogen) atoms. The third-order valence-electron chi connectivity index (χ3n) is 4.66. The van der Waals surface area contributed by atoms with Gasteiger partial charge in [-0.05, 0) is 31.5 Å². The second-order valence-corrected chi connectivity index (χ2v) is 5.76. The lowest BCUT2D eigenvalue weighted by Crippen LogP contribution is -2.41. The fraction of sp³-hybridized carbons (Fsp3) is 0.647.